The van der Waals surface area contributed by atoms with Crippen LogP contribution in [-0.2, 0) is 14.2 Å². The molecule has 2 aliphatic heterocycles. The SMILES string of the molecule is COc1ccc(-c2cc(=O)c3c(O)cc(O[C@@H]4O[C@@H](CO)[C@@H](O)[C@@H](O)[C@H]4O[C@@H]4O[C@@H](C)[C@H](O)[C@H](O)[C@H]4O)cc3o2)cc1. The molecule has 0 aliphatic carbocycles. The van der Waals surface area contributed by atoms with Gasteiger partial charge in [-0.05, 0) is 31.2 Å². The number of aliphatic hydroxyl groups excluding tert-OH is 6. The van der Waals surface area contributed by atoms with E-state index in [1.807, 2.05) is 0 Å². The fourth-order valence-corrected chi connectivity index (χ4v) is 4.92. The minimum atomic E-state index is -1.75. The summed E-state index contributed by atoms with van der Waals surface area (Å²) in [4.78, 5) is 12.9. The maximum absolute atomic E-state index is 12.9. The number of ether oxygens (including phenoxy) is 5. The minimum Gasteiger partial charge on any atom is -0.507 e. The van der Waals surface area contributed by atoms with Crippen molar-refractivity contribution in [2.24, 2.45) is 0 Å². The van der Waals surface area contributed by atoms with Crippen LogP contribution in [0.25, 0.3) is 22.3 Å². The van der Waals surface area contributed by atoms with Crippen LogP contribution in [0, 0.1) is 0 Å². The molecule has 0 amide bonds. The Morgan fingerprint density at radius 1 is 0.833 bits per heavy atom. The third-order valence-electron chi connectivity index (χ3n) is 7.33. The summed E-state index contributed by atoms with van der Waals surface area (Å²) >= 11 is 0. The molecule has 42 heavy (non-hydrogen) atoms. The number of methoxy groups -OCH3 is 1. The Balaban J connectivity index is 1.47. The summed E-state index contributed by atoms with van der Waals surface area (Å²) < 4.78 is 33.7. The molecular formula is C28H32O14. The summed E-state index contributed by atoms with van der Waals surface area (Å²) in [5, 5.41) is 72.1. The van der Waals surface area contributed by atoms with Gasteiger partial charge in [-0.25, -0.2) is 0 Å². The molecule has 14 nitrogen and oxygen atoms in total. The number of phenols is 1. The highest BCUT2D eigenvalue weighted by Gasteiger charge is 2.50. The molecule has 2 aromatic carbocycles. The normalized spacial score (nSPS) is 33.4. The number of benzene rings is 2. The molecule has 14 heteroatoms. The van der Waals surface area contributed by atoms with Crippen LogP contribution in [0.5, 0.6) is 17.2 Å². The highest BCUT2D eigenvalue weighted by atomic mass is 16.8. The van der Waals surface area contributed by atoms with Crippen molar-refractivity contribution in [3.05, 3.63) is 52.7 Å². The van der Waals surface area contributed by atoms with E-state index in [1.165, 1.54) is 26.2 Å². The molecular weight excluding hydrogens is 560 g/mol. The Morgan fingerprint density at radius 2 is 1.55 bits per heavy atom. The zero-order valence-electron chi connectivity index (χ0n) is 22.5. The average molecular weight is 593 g/mol. The summed E-state index contributed by atoms with van der Waals surface area (Å²) in [6.45, 7) is 0.721. The van der Waals surface area contributed by atoms with Crippen molar-refractivity contribution >= 4 is 11.0 Å². The molecule has 228 valence electrons. The van der Waals surface area contributed by atoms with E-state index in [9.17, 15) is 40.5 Å². The maximum Gasteiger partial charge on any atom is 0.229 e. The van der Waals surface area contributed by atoms with Crippen molar-refractivity contribution in [3.8, 4) is 28.6 Å². The lowest BCUT2D eigenvalue weighted by Crippen LogP contribution is -2.64. The van der Waals surface area contributed by atoms with E-state index in [0.29, 0.717) is 11.3 Å². The lowest BCUT2D eigenvalue weighted by atomic mass is 9.97. The Kier molecular flexibility index (Phi) is 8.71. The van der Waals surface area contributed by atoms with Gasteiger partial charge in [0.15, 0.2) is 17.8 Å². The molecule has 10 atom stereocenters. The number of aromatic hydroxyl groups is 1. The first-order chi connectivity index (χ1) is 20.0. The van der Waals surface area contributed by atoms with Crippen molar-refractivity contribution in [3.63, 3.8) is 0 Å². The Morgan fingerprint density at radius 3 is 2.21 bits per heavy atom. The second kappa shape index (κ2) is 12.1. The molecule has 0 radical (unpaired) electrons. The van der Waals surface area contributed by atoms with Crippen LogP contribution in [0.2, 0.25) is 0 Å². The van der Waals surface area contributed by atoms with Gasteiger partial charge < -0.3 is 63.8 Å². The topological polar surface area (TPSA) is 218 Å². The number of phenolic OH excluding ortho intramolecular Hbond substituents is 1. The van der Waals surface area contributed by atoms with Crippen LogP contribution in [0.15, 0.2) is 51.7 Å². The van der Waals surface area contributed by atoms with E-state index in [2.05, 4.69) is 0 Å². The van der Waals surface area contributed by atoms with Gasteiger partial charge in [0.1, 0.15) is 70.6 Å². The van der Waals surface area contributed by atoms with Gasteiger partial charge in [0.2, 0.25) is 6.29 Å². The van der Waals surface area contributed by atoms with Gasteiger partial charge >= 0.3 is 0 Å². The molecule has 7 N–H and O–H groups in total. The first kappa shape index (κ1) is 30.2. The maximum atomic E-state index is 12.9. The smallest absolute Gasteiger partial charge is 0.229 e. The lowest BCUT2D eigenvalue weighted by molar-refractivity contribution is -0.354. The van der Waals surface area contributed by atoms with Gasteiger partial charge in [0, 0.05) is 23.8 Å². The molecule has 0 saturated carbocycles. The molecule has 0 bridgehead atoms. The van der Waals surface area contributed by atoms with Gasteiger partial charge in [-0.3, -0.25) is 4.79 Å². The first-order valence-corrected chi connectivity index (χ1v) is 13.1. The lowest BCUT2D eigenvalue weighted by Gasteiger charge is -2.45. The van der Waals surface area contributed by atoms with Gasteiger partial charge in [-0.2, -0.15) is 0 Å². The molecule has 2 saturated heterocycles. The van der Waals surface area contributed by atoms with Gasteiger partial charge in [-0.1, -0.05) is 0 Å². The standard InChI is InChI=1S/C28H32O14/c1-11-21(32)23(34)25(36)27(38-11)42-26-24(35)22(33)19(10-29)41-28(26)39-14-7-15(30)20-16(31)9-17(40-18(20)8-14)12-3-5-13(37-2)6-4-12/h3-9,11,19,21-30,32-36H,10H2,1-2H3/t11-,19-,21-,22+,23-,24+,25+,26+,27-,28+/m0/s1. The van der Waals surface area contributed by atoms with Crippen molar-refractivity contribution in [1.29, 1.82) is 0 Å². The third kappa shape index (κ3) is 5.68. The number of aliphatic hydroxyl groups is 6. The molecule has 3 aromatic rings. The number of fused-ring (bicyclic) bond motifs is 1. The van der Waals surface area contributed by atoms with E-state index in [4.69, 9.17) is 28.1 Å². The van der Waals surface area contributed by atoms with E-state index in [0.717, 1.165) is 6.07 Å². The summed E-state index contributed by atoms with van der Waals surface area (Å²) in [7, 11) is 1.52. The van der Waals surface area contributed by atoms with Crippen LogP contribution >= 0.6 is 0 Å². The number of hydrogen-bond acceptors (Lipinski definition) is 14. The van der Waals surface area contributed by atoms with Crippen LogP contribution < -0.4 is 14.9 Å². The Bertz CT molecular complexity index is 1440. The first-order valence-electron chi connectivity index (χ1n) is 13.1. The summed E-state index contributed by atoms with van der Waals surface area (Å²) in [5.74, 6) is 0.197. The third-order valence-corrected chi connectivity index (χ3v) is 7.33. The summed E-state index contributed by atoms with van der Waals surface area (Å²) in [6, 6.07) is 10.4. The second-order valence-electron chi connectivity index (χ2n) is 10.1. The molecule has 3 heterocycles. The quantitative estimate of drug-likeness (QED) is 0.179. The van der Waals surface area contributed by atoms with Gasteiger partial charge in [0.25, 0.3) is 0 Å². The van der Waals surface area contributed by atoms with Gasteiger partial charge in [0.05, 0.1) is 19.8 Å². The Labute approximate surface area is 238 Å². The molecule has 0 spiro atoms. The van der Waals surface area contributed by atoms with E-state index in [-0.39, 0.29) is 22.5 Å². The van der Waals surface area contributed by atoms with Crippen LogP contribution in [0.4, 0.5) is 0 Å². The number of hydrogen-bond donors (Lipinski definition) is 7. The largest absolute Gasteiger partial charge is 0.507 e. The monoisotopic (exact) mass is 592 g/mol. The van der Waals surface area contributed by atoms with E-state index in [1.54, 1.807) is 24.3 Å². The zero-order valence-corrected chi connectivity index (χ0v) is 22.5. The predicted octanol–water partition coefficient (Wildman–Crippen LogP) is -0.795. The van der Waals surface area contributed by atoms with Crippen molar-refractivity contribution in [1.82, 2.24) is 0 Å². The molecule has 1 aromatic heterocycles. The minimum absolute atomic E-state index is 0.0483. The second-order valence-corrected chi connectivity index (χ2v) is 10.1. The highest BCUT2D eigenvalue weighted by Crippen LogP contribution is 2.35. The molecule has 5 rings (SSSR count). The van der Waals surface area contributed by atoms with Crippen LogP contribution in [0.3, 0.4) is 0 Å². The van der Waals surface area contributed by atoms with E-state index < -0.39 is 79.2 Å². The fraction of sp³-hybridized carbons (Fsp3) is 0.464. The van der Waals surface area contributed by atoms with Crippen molar-refractivity contribution < 1.29 is 63.8 Å². The predicted molar refractivity (Wildman–Crippen MR) is 142 cm³/mol. The molecule has 2 fully saturated rings. The van der Waals surface area contributed by atoms with Crippen molar-refractivity contribution in [2.75, 3.05) is 13.7 Å². The summed E-state index contributed by atoms with van der Waals surface area (Å²) in [6.07, 6.45) is -15.2. The molecule has 2 aliphatic rings. The van der Waals surface area contributed by atoms with E-state index >= 15 is 0 Å². The molecule has 0 unspecified atom stereocenters. The zero-order chi connectivity index (χ0) is 30.3. The summed E-state index contributed by atoms with van der Waals surface area (Å²) in [5.41, 5.74) is -0.0218. The van der Waals surface area contributed by atoms with Crippen molar-refractivity contribution in [2.45, 2.75) is 68.3 Å². The number of rotatable bonds is 7. The van der Waals surface area contributed by atoms with Crippen LogP contribution in [0.1, 0.15) is 6.92 Å². The average Bonchev–Trinajstić information content (AvgIpc) is 2.97. The van der Waals surface area contributed by atoms with Gasteiger partial charge in [-0.15, -0.1) is 0 Å². The highest BCUT2D eigenvalue weighted by molar-refractivity contribution is 5.86. The van der Waals surface area contributed by atoms with Crippen LogP contribution in [-0.4, -0.2) is 111 Å². The fourth-order valence-electron chi connectivity index (χ4n) is 4.92. The Hall–Kier alpha value is -3.31.